The van der Waals surface area contributed by atoms with Crippen LogP contribution in [0.1, 0.15) is 18.3 Å². The molecule has 0 radical (unpaired) electrons. The number of hydrogen-bond acceptors (Lipinski definition) is 4. The normalized spacial score (nSPS) is 14.5. The lowest BCUT2D eigenvalue weighted by atomic mass is 9.89. The van der Waals surface area contributed by atoms with E-state index >= 15 is 0 Å². The molecular formula is C11H13BrClN5. The summed E-state index contributed by atoms with van der Waals surface area (Å²) in [6.45, 7) is 1.90. The third kappa shape index (κ3) is 2.88. The first kappa shape index (κ1) is 13.5. The molecule has 0 aliphatic rings. The quantitative estimate of drug-likeness (QED) is 0.935. The third-order valence-electron chi connectivity index (χ3n) is 2.62. The molecule has 2 aromatic rings. The molecule has 0 aliphatic carbocycles. The molecule has 1 aromatic heterocycles. The third-order valence-corrected chi connectivity index (χ3v) is 3.43. The second-order valence-corrected chi connectivity index (χ2v) is 5.74. The van der Waals surface area contributed by atoms with Gasteiger partial charge in [-0.3, -0.25) is 0 Å². The van der Waals surface area contributed by atoms with E-state index in [1.54, 1.807) is 7.05 Å². The van der Waals surface area contributed by atoms with Crippen LogP contribution in [0.25, 0.3) is 0 Å². The summed E-state index contributed by atoms with van der Waals surface area (Å²) >= 11 is 9.58. The lowest BCUT2D eigenvalue weighted by Gasteiger charge is -2.24. The van der Waals surface area contributed by atoms with Crippen LogP contribution in [0.4, 0.5) is 0 Å². The van der Waals surface area contributed by atoms with Crippen LogP contribution in [0.15, 0.2) is 22.7 Å². The Morgan fingerprint density at radius 1 is 1.50 bits per heavy atom. The Morgan fingerprint density at radius 3 is 2.78 bits per heavy atom. The molecule has 1 aromatic carbocycles. The average Bonchev–Trinajstić information content (AvgIpc) is 2.62. The first-order valence-corrected chi connectivity index (χ1v) is 6.53. The molecule has 2 N–H and O–H groups in total. The van der Waals surface area contributed by atoms with Gasteiger partial charge in [0.1, 0.15) is 0 Å². The van der Waals surface area contributed by atoms with Gasteiger partial charge in [0, 0.05) is 21.5 Å². The SMILES string of the molecule is Cn1nnc(CC(C)(N)c2ccc(Br)cc2Cl)n1. The van der Waals surface area contributed by atoms with Gasteiger partial charge >= 0.3 is 0 Å². The monoisotopic (exact) mass is 329 g/mol. The van der Waals surface area contributed by atoms with E-state index < -0.39 is 5.54 Å². The smallest absolute Gasteiger partial charge is 0.176 e. The number of benzene rings is 1. The number of tetrazole rings is 1. The topological polar surface area (TPSA) is 69.6 Å². The molecule has 0 bridgehead atoms. The molecule has 7 heteroatoms. The van der Waals surface area contributed by atoms with Gasteiger partial charge in [-0.25, -0.2) is 0 Å². The maximum atomic E-state index is 6.31. The minimum Gasteiger partial charge on any atom is -0.321 e. The van der Waals surface area contributed by atoms with Gasteiger partial charge in [0.2, 0.25) is 0 Å². The minimum atomic E-state index is -0.638. The second-order valence-electron chi connectivity index (χ2n) is 4.41. The van der Waals surface area contributed by atoms with Crippen molar-refractivity contribution in [1.82, 2.24) is 20.2 Å². The fourth-order valence-corrected chi connectivity index (χ4v) is 2.66. The Bertz CT molecular complexity index is 566. The Morgan fingerprint density at radius 2 is 2.22 bits per heavy atom. The zero-order valence-corrected chi connectivity index (χ0v) is 12.4. The van der Waals surface area contributed by atoms with Gasteiger partial charge in [0.05, 0.1) is 7.05 Å². The van der Waals surface area contributed by atoms with Crippen LogP contribution in [0, 0.1) is 0 Å². The van der Waals surface area contributed by atoms with E-state index in [4.69, 9.17) is 17.3 Å². The number of hydrogen-bond donors (Lipinski definition) is 1. The van der Waals surface area contributed by atoms with Crippen LogP contribution >= 0.6 is 27.5 Å². The Labute approximate surface area is 118 Å². The van der Waals surface area contributed by atoms with Crippen LogP contribution in [0.3, 0.4) is 0 Å². The highest BCUT2D eigenvalue weighted by molar-refractivity contribution is 9.10. The zero-order chi connectivity index (χ0) is 13.3. The summed E-state index contributed by atoms with van der Waals surface area (Å²) in [4.78, 5) is 1.41. The van der Waals surface area contributed by atoms with Gasteiger partial charge in [-0.15, -0.1) is 10.2 Å². The second kappa shape index (κ2) is 4.95. The molecule has 0 fully saturated rings. The van der Waals surface area contributed by atoms with E-state index in [0.29, 0.717) is 17.3 Å². The summed E-state index contributed by atoms with van der Waals surface area (Å²) in [5, 5.41) is 12.5. The first-order chi connectivity index (χ1) is 8.38. The van der Waals surface area contributed by atoms with E-state index in [1.165, 1.54) is 4.80 Å². The summed E-state index contributed by atoms with van der Waals surface area (Å²) in [6.07, 6.45) is 0.474. The fraction of sp³-hybridized carbons (Fsp3) is 0.364. The van der Waals surface area contributed by atoms with E-state index in [0.717, 1.165) is 10.0 Å². The molecule has 0 saturated heterocycles. The standard InChI is InChI=1S/C11H13BrClN5/c1-11(14,6-10-15-17-18(2)16-10)8-4-3-7(12)5-9(8)13/h3-5H,6,14H2,1-2H3. The number of nitrogens with zero attached hydrogens (tertiary/aromatic N) is 4. The van der Waals surface area contributed by atoms with Crippen molar-refractivity contribution in [3.05, 3.63) is 39.1 Å². The predicted molar refractivity (Wildman–Crippen MR) is 73.2 cm³/mol. The van der Waals surface area contributed by atoms with Gasteiger partial charge < -0.3 is 5.73 Å². The number of aromatic nitrogens is 4. The molecule has 2 rings (SSSR count). The molecule has 0 spiro atoms. The lowest BCUT2D eigenvalue weighted by Crippen LogP contribution is -2.36. The van der Waals surface area contributed by atoms with E-state index in [1.807, 2.05) is 25.1 Å². The van der Waals surface area contributed by atoms with Crippen LogP contribution in [-0.2, 0) is 19.0 Å². The molecule has 1 atom stereocenters. The summed E-state index contributed by atoms with van der Waals surface area (Å²) < 4.78 is 0.921. The molecule has 1 unspecified atom stereocenters. The first-order valence-electron chi connectivity index (χ1n) is 5.36. The molecular weight excluding hydrogens is 318 g/mol. The van der Waals surface area contributed by atoms with Crippen molar-refractivity contribution in [2.24, 2.45) is 12.8 Å². The summed E-state index contributed by atoms with van der Waals surface area (Å²) in [7, 11) is 1.72. The van der Waals surface area contributed by atoms with Gasteiger partial charge in [-0.05, 0) is 29.8 Å². The highest BCUT2D eigenvalue weighted by Crippen LogP contribution is 2.30. The van der Waals surface area contributed by atoms with Gasteiger partial charge in [-0.2, -0.15) is 4.80 Å². The van der Waals surface area contributed by atoms with Crippen molar-refractivity contribution in [3.63, 3.8) is 0 Å². The highest BCUT2D eigenvalue weighted by Gasteiger charge is 2.26. The highest BCUT2D eigenvalue weighted by atomic mass is 79.9. The molecule has 0 aliphatic heterocycles. The number of nitrogens with two attached hydrogens (primary N) is 1. The Hall–Kier alpha value is -0.980. The summed E-state index contributed by atoms with van der Waals surface area (Å²) in [5.41, 5.74) is 6.54. The van der Waals surface area contributed by atoms with Crippen LogP contribution in [0.2, 0.25) is 5.02 Å². The maximum Gasteiger partial charge on any atom is 0.176 e. The van der Waals surface area contributed by atoms with E-state index in [-0.39, 0.29) is 0 Å². The van der Waals surface area contributed by atoms with Crippen LogP contribution < -0.4 is 5.73 Å². The van der Waals surface area contributed by atoms with Crippen molar-refractivity contribution in [3.8, 4) is 0 Å². The van der Waals surface area contributed by atoms with Crippen LogP contribution in [0.5, 0.6) is 0 Å². The maximum absolute atomic E-state index is 6.31. The van der Waals surface area contributed by atoms with Gasteiger partial charge in [0.15, 0.2) is 5.82 Å². The molecule has 18 heavy (non-hydrogen) atoms. The Kier molecular flexibility index (Phi) is 3.70. The van der Waals surface area contributed by atoms with E-state index in [9.17, 15) is 0 Å². The summed E-state index contributed by atoms with van der Waals surface area (Å²) in [5.74, 6) is 0.599. The van der Waals surface area contributed by atoms with Gasteiger partial charge in [-0.1, -0.05) is 33.6 Å². The largest absolute Gasteiger partial charge is 0.321 e. The molecule has 1 heterocycles. The minimum absolute atomic E-state index is 0.474. The zero-order valence-electron chi connectivity index (χ0n) is 10.1. The van der Waals surface area contributed by atoms with Gasteiger partial charge in [0.25, 0.3) is 0 Å². The Balaban J connectivity index is 2.29. The number of halogens is 2. The van der Waals surface area contributed by atoms with Crippen molar-refractivity contribution >= 4 is 27.5 Å². The molecule has 5 nitrogen and oxygen atoms in total. The van der Waals surface area contributed by atoms with Crippen molar-refractivity contribution in [1.29, 1.82) is 0 Å². The molecule has 96 valence electrons. The average molecular weight is 331 g/mol. The number of rotatable bonds is 3. The van der Waals surface area contributed by atoms with Crippen LogP contribution in [-0.4, -0.2) is 20.2 Å². The van der Waals surface area contributed by atoms with Crippen molar-refractivity contribution in [2.45, 2.75) is 18.9 Å². The van der Waals surface area contributed by atoms with Crippen molar-refractivity contribution < 1.29 is 0 Å². The summed E-state index contributed by atoms with van der Waals surface area (Å²) in [6, 6.07) is 5.64. The fourth-order valence-electron chi connectivity index (χ4n) is 1.77. The molecule has 0 amide bonds. The van der Waals surface area contributed by atoms with Crippen molar-refractivity contribution in [2.75, 3.05) is 0 Å². The van der Waals surface area contributed by atoms with E-state index in [2.05, 4.69) is 31.3 Å². The lowest BCUT2D eigenvalue weighted by molar-refractivity contribution is 0.476. The predicted octanol–water partition coefficient (Wildman–Crippen LogP) is 2.04. The number of aryl methyl sites for hydroxylation is 1. The molecule has 0 saturated carbocycles.